The van der Waals surface area contributed by atoms with Gasteiger partial charge in [0.1, 0.15) is 0 Å². The molecule has 0 aliphatic rings. The van der Waals surface area contributed by atoms with E-state index in [1.165, 1.54) is 25.1 Å². The van der Waals surface area contributed by atoms with Crippen LogP contribution in [0.3, 0.4) is 0 Å². The fourth-order valence-corrected chi connectivity index (χ4v) is 2.69. The van der Waals surface area contributed by atoms with Crippen molar-refractivity contribution in [1.29, 1.82) is 0 Å². The number of nitro benzene ring substituents is 1. The van der Waals surface area contributed by atoms with Crippen molar-refractivity contribution < 1.29 is 19.2 Å². The highest BCUT2D eigenvalue weighted by Gasteiger charge is 2.17. The Kier molecular flexibility index (Phi) is 6.30. The van der Waals surface area contributed by atoms with E-state index in [-0.39, 0.29) is 17.3 Å². The number of nitro groups is 1. The van der Waals surface area contributed by atoms with Gasteiger partial charge in [-0.15, -0.1) is 0 Å². The molecule has 136 valence electrons. The molecule has 0 fully saturated rings. The second-order valence-electron chi connectivity index (χ2n) is 5.65. The number of amides is 1. The number of hydrogen-bond donors (Lipinski definition) is 1. The smallest absolute Gasteiger partial charge is 0.338 e. The van der Waals surface area contributed by atoms with Crippen LogP contribution in [-0.2, 0) is 9.53 Å². The third-order valence-corrected chi connectivity index (χ3v) is 4.06. The third kappa shape index (κ3) is 4.80. The lowest BCUT2D eigenvalue weighted by atomic mass is 10.1. The molecular weight excluding hydrogens is 360 g/mol. The normalized spacial score (nSPS) is 11.5. The predicted molar refractivity (Wildman–Crippen MR) is 96.1 cm³/mol. The summed E-state index contributed by atoms with van der Waals surface area (Å²) in [5, 5.41) is 14.0. The Morgan fingerprint density at radius 2 is 1.96 bits per heavy atom. The van der Waals surface area contributed by atoms with Gasteiger partial charge in [0.15, 0.2) is 6.61 Å². The quantitative estimate of drug-likeness (QED) is 0.472. The number of carbonyl (C=O) groups is 2. The number of aryl methyl sites for hydroxylation is 1. The van der Waals surface area contributed by atoms with Gasteiger partial charge in [-0.1, -0.05) is 29.8 Å². The maximum absolute atomic E-state index is 12.0. The average molecular weight is 377 g/mol. The number of ether oxygens (including phenoxy) is 1. The van der Waals surface area contributed by atoms with Crippen molar-refractivity contribution in [3.8, 4) is 0 Å². The maximum atomic E-state index is 12.0. The molecule has 0 unspecified atom stereocenters. The van der Waals surface area contributed by atoms with E-state index in [9.17, 15) is 19.7 Å². The van der Waals surface area contributed by atoms with Crippen molar-refractivity contribution in [2.75, 3.05) is 6.61 Å². The summed E-state index contributed by atoms with van der Waals surface area (Å²) in [6, 6.07) is 10.6. The Labute approximate surface area is 155 Å². The largest absolute Gasteiger partial charge is 0.452 e. The van der Waals surface area contributed by atoms with E-state index in [4.69, 9.17) is 16.3 Å². The summed E-state index contributed by atoms with van der Waals surface area (Å²) in [5.74, 6) is -1.21. The molecule has 2 rings (SSSR count). The monoisotopic (exact) mass is 376 g/mol. The molecule has 2 aromatic carbocycles. The summed E-state index contributed by atoms with van der Waals surface area (Å²) in [6.07, 6.45) is 0. The molecule has 0 heterocycles. The Morgan fingerprint density at radius 1 is 1.27 bits per heavy atom. The Balaban J connectivity index is 1.93. The third-order valence-electron chi connectivity index (χ3n) is 3.71. The average Bonchev–Trinajstić information content (AvgIpc) is 2.59. The fraction of sp³-hybridized carbons (Fsp3) is 0.222. The summed E-state index contributed by atoms with van der Waals surface area (Å²) < 4.78 is 4.96. The maximum Gasteiger partial charge on any atom is 0.338 e. The Morgan fingerprint density at radius 3 is 2.58 bits per heavy atom. The van der Waals surface area contributed by atoms with Gasteiger partial charge in [0, 0.05) is 16.7 Å². The molecule has 0 radical (unpaired) electrons. The molecule has 0 aliphatic heterocycles. The van der Waals surface area contributed by atoms with Crippen LogP contribution in [0.4, 0.5) is 5.69 Å². The SMILES string of the molecule is Cc1cc(C(=O)OCC(=O)N[C@H](C)c2ccccc2Cl)ccc1[N+](=O)[O-]. The first kappa shape index (κ1) is 19.4. The molecule has 8 heteroatoms. The zero-order chi connectivity index (χ0) is 19.3. The number of esters is 1. The van der Waals surface area contributed by atoms with Crippen molar-refractivity contribution in [2.24, 2.45) is 0 Å². The van der Waals surface area contributed by atoms with Crippen LogP contribution >= 0.6 is 11.6 Å². The molecule has 1 atom stereocenters. The fourth-order valence-electron chi connectivity index (χ4n) is 2.39. The molecule has 0 spiro atoms. The summed E-state index contributed by atoms with van der Waals surface area (Å²) in [6.45, 7) is 2.82. The van der Waals surface area contributed by atoms with E-state index in [0.29, 0.717) is 10.6 Å². The van der Waals surface area contributed by atoms with Gasteiger partial charge in [0.2, 0.25) is 0 Å². The highest BCUT2D eigenvalue weighted by Crippen LogP contribution is 2.22. The standard InChI is InChI=1S/C18H17ClN2O5/c1-11-9-13(7-8-16(11)21(24)25)18(23)26-10-17(22)20-12(2)14-5-3-4-6-15(14)19/h3-9,12H,10H2,1-2H3,(H,20,22)/t12-/m1/s1. The highest BCUT2D eigenvalue weighted by atomic mass is 35.5. The van der Waals surface area contributed by atoms with Gasteiger partial charge in [0.05, 0.1) is 16.5 Å². The first-order valence-corrected chi connectivity index (χ1v) is 8.13. The molecular formula is C18H17ClN2O5. The zero-order valence-electron chi connectivity index (χ0n) is 14.2. The number of nitrogens with one attached hydrogen (secondary N) is 1. The molecule has 1 amide bonds. The lowest BCUT2D eigenvalue weighted by Gasteiger charge is -2.15. The highest BCUT2D eigenvalue weighted by molar-refractivity contribution is 6.31. The number of rotatable bonds is 6. The summed E-state index contributed by atoms with van der Waals surface area (Å²) >= 11 is 6.08. The minimum absolute atomic E-state index is 0.0899. The predicted octanol–water partition coefficient (Wildman–Crippen LogP) is 3.59. The summed E-state index contributed by atoms with van der Waals surface area (Å²) in [5.41, 5.74) is 1.13. The lowest BCUT2D eigenvalue weighted by Crippen LogP contribution is -2.31. The number of nitrogens with zero attached hydrogens (tertiary/aromatic N) is 1. The first-order valence-electron chi connectivity index (χ1n) is 7.75. The van der Waals surface area contributed by atoms with Gasteiger partial charge < -0.3 is 10.1 Å². The van der Waals surface area contributed by atoms with Gasteiger partial charge >= 0.3 is 5.97 Å². The van der Waals surface area contributed by atoms with Crippen LogP contribution in [0.25, 0.3) is 0 Å². The van der Waals surface area contributed by atoms with E-state index >= 15 is 0 Å². The molecule has 1 N–H and O–H groups in total. The minimum atomic E-state index is -0.733. The van der Waals surface area contributed by atoms with E-state index < -0.39 is 23.4 Å². The van der Waals surface area contributed by atoms with Crippen LogP contribution in [0.2, 0.25) is 5.02 Å². The number of benzene rings is 2. The topological polar surface area (TPSA) is 98.5 Å². The molecule has 0 aliphatic carbocycles. The first-order chi connectivity index (χ1) is 12.3. The van der Waals surface area contributed by atoms with Gasteiger partial charge in [-0.3, -0.25) is 14.9 Å². The van der Waals surface area contributed by atoms with Crippen molar-refractivity contribution >= 4 is 29.2 Å². The number of hydrogen-bond acceptors (Lipinski definition) is 5. The Hall–Kier alpha value is -2.93. The van der Waals surface area contributed by atoms with Crippen LogP contribution in [0.1, 0.15) is 34.5 Å². The van der Waals surface area contributed by atoms with Crippen LogP contribution in [0, 0.1) is 17.0 Å². The molecule has 0 bridgehead atoms. The van der Waals surface area contributed by atoms with Crippen molar-refractivity contribution in [2.45, 2.75) is 19.9 Å². The van der Waals surface area contributed by atoms with Crippen molar-refractivity contribution in [3.05, 3.63) is 74.3 Å². The van der Waals surface area contributed by atoms with Crippen LogP contribution in [0.5, 0.6) is 0 Å². The Bertz CT molecular complexity index is 853. The van der Waals surface area contributed by atoms with Crippen LogP contribution in [0.15, 0.2) is 42.5 Å². The van der Waals surface area contributed by atoms with Gasteiger partial charge in [0.25, 0.3) is 11.6 Å². The lowest BCUT2D eigenvalue weighted by molar-refractivity contribution is -0.385. The summed E-state index contributed by atoms with van der Waals surface area (Å²) in [4.78, 5) is 34.2. The van der Waals surface area contributed by atoms with E-state index in [0.717, 1.165) is 5.56 Å². The van der Waals surface area contributed by atoms with Crippen LogP contribution in [-0.4, -0.2) is 23.4 Å². The second kappa shape index (κ2) is 8.44. The molecule has 26 heavy (non-hydrogen) atoms. The van der Waals surface area contributed by atoms with Crippen molar-refractivity contribution in [3.63, 3.8) is 0 Å². The van der Waals surface area contributed by atoms with Crippen molar-refractivity contribution in [1.82, 2.24) is 5.32 Å². The minimum Gasteiger partial charge on any atom is -0.452 e. The van der Waals surface area contributed by atoms with Gasteiger partial charge in [-0.25, -0.2) is 4.79 Å². The van der Waals surface area contributed by atoms with E-state index in [2.05, 4.69) is 5.32 Å². The molecule has 7 nitrogen and oxygen atoms in total. The van der Waals surface area contributed by atoms with Crippen LogP contribution < -0.4 is 5.32 Å². The molecule has 0 saturated heterocycles. The number of carbonyl (C=O) groups excluding carboxylic acids is 2. The summed E-state index contributed by atoms with van der Waals surface area (Å²) in [7, 11) is 0. The molecule has 2 aromatic rings. The zero-order valence-corrected chi connectivity index (χ0v) is 14.9. The van der Waals surface area contributed by atoms with Gasteiger partial charge in [-0.05, 0) is 37.6 Å². The number of halogens is 1. The van der Waals surface area contributed by atoms with Gasteiger partial charge in [-0.2, -0.15) is 0 Å². The van der Waals surface area contributed by atoms with E-state index in [1.54, 1.807) is 31.2 Å². The molecule has 0 aromatic heterocycles. The molecule has 0 saturated carbocycles. The van der Waals surface area contributed by atoms with E-state index in [1.807, 2.05) is 0 Å². The second-order valence-corrected chi connectivity index (χ2v) is 6.05.